The van der Waals surface area contributed by atoms with Crippen LogP contribution in [0, 0.1) is 11.8 Å². The summed E-state index contributed by atoms with van der Waals surface area (Å²) in [7, 11) is 0. The van der Waals surface area contributed by atoms with Crippen molar-refractivity contribution in [2.45, 2.75) is 13.5 Å². The maximum atomic E-state index is 10.9. The van der Waals surface area contributed by atoms with Crippen molar-refractivity contribution in [2.75, 3.05) is 0 Å². The monoisotopic (exact) mass is 266 g/mol. The van der Waals surface area contributed by atoms with Gasteiger partial charge in [0.05, 0.1) is 12.1 Å². The highest BCUT2D eigenvalue weighted by Crippen LogP contribution is 2.38. The zero-order chi connectivity index (χ0) is 14.1. The van der Waals surface area contributed by atoms with Gasteiger partial charge in [-0.1, -0.05) is 48.0 Å². The Morgan fingerprint density at radius 2 is 1.95 bits per heavy atom. The van der Waals surface area contributed by atoms with Gasteiger partial charge in [-0.15, -0.1) is 4.91 Å². The molecule has 2 aromatic carbocycles. The number of aromatic nitrogens is 1. The molecule has 0 amide bonds. The molecule has 1 aromatic heterocycles. The minimum atomic E-state index is -0.0808. The van der Waals surface area contributed by atoms with Crippen LogP contribution < -0.4 is 0 Å². The van der Waals surface area contributed by atoms with Crippen LogP contribution >= 0.6 is 0 Å². The quantitative estimate of drug-likeness (QED) is 0.725. The number of hydrogen-bond donors (Lipinski definition) is 1. The largest absolute Gasteiger partial charge is 0.493 e. The molecule has 3 aromatic rings. The van der Waals surface area contributed by atoms with E-state index in [1.54, 1.807) is 10.6 Å². The van der Waals surface area contributed by atoms with Crippen molar-refractivity contribution in [3.63, 3.8) is 0 Å². The highest BCUT2D eigenvalue weighted by molar-refractivity contribution is 5.95. The Balaban J connectivity index is 2.16. The summed E-state index contributed by atoms with van der Waals surface area (Å²) in [5, 5.41) is 13.8. The Hall–Kier alpha value is -2.62. The SMILES string of the molecule is Cc1cccc(Cn2c(O)c(N=O)c3ccccc32)c1. The lowest BCUT2D eigenvalue weighted by Gasteiger charge is -2.07. The Morgan fingerprint density at radius 1 is 1.15 bits per heavy atom. The maximum Gasteiger partial charge on any atom is 0.222 e. The first-order valence-corrected chi connectivity index (χ1v) is 6.40. The van der Waals surface area contributed by atoms with Crippen LogP contribution in [0.25, 0.3) is 10.9 Å². The molecule has 1 N–H and O–H groups in total. The molecule has 0 aliphatic heterocycles. The van der Waals surface area contributed by atoms with Crippen LogP contribution in [-0.4, -0.2) is 9.67 Å². The van der Waals surface area contributed by atoms with Gasteiger partial charge in [-0.05, 0) is 23.7 Å². The summed E-state index contributed by atoms with van der Waals surface area (Å²) >= 11 is 0. The lowest BCUT2D eigenvalue weighted by Crippen LogP contribution is -1.98. The second-order valence-corrected chi connectivity index (χ2v) is 4.86. The predicted molar refractivity (Wildman–Crippen MR) is 79.3 cm³/mol. The zero-order valence-corrected chi connectivity index (χ0v) is 11.1. The summed E-state index contributed by atoms with van der Waals surface area (Å²) in [4.78, 5) is 10.9. The molecule has 4 nitrogen and oxygen atoms in total. The zero-order valence-electron chi connectivity index (χ0n) is 11.1. The van der Waals surface area contributed by atoms with E-state index in [2.05, 4.69) is 11.2 Å². The molecular formula is C16H14N2O2. The van der Waals surface area contributed by atoms with E-state index in [0.717, 1.165) is 16.6 Å². The van der Waals surface area contributed by atoms with E-state index < -0.39 is 0 Å². The van der Waals surface area contributed by atoms with Crippen molar-refractivity contribution in [1.29, 1.82) is 0 Å². The third-order valence-electron chi connectivity index (χ3n) is 3.43. The van der Waals surface area contributed by atoms with E-state index in [1.165, 1.54) is 0 Å². The highest BCUT2D eigenvalue weighted by Gasteiger charge is 2.16. The fourth-order valence-corrected chi connectivity index (χ4v) is 2.51. The first-order chi connectivity index (χ1) is 9.70. The Labute approximate surface area is 116 Å². The topological polar surface area (TPSA) is 54.6 Å². The number of fused-ring (bicyclic) bond motifs is 1. The number of benzene rings is 2. The lowest BCUT2D eigenvalue weighted by molar-refractivity contribution is 0.430. The summed E-state index contributed by atoms with van der Waals surface area (Å²) in [5.74, 6) is -0.0808. The Kier molecular flexibility index (Phi) is 2.99. The van der Waals surface area contributed by atoms with Crippen LogP contribution in [0.2, 0.25) is 0 Å². The van der Waals surface area contributed by atoms with Gasteiger partial charge in [-0.3, -0.25) is 0 Å². The molecule has 0 radical (unpaired) electrons. The van der Waals surface area contributed by atoms with Crippen LogP contribution in [0.15, 0.2) is 53.7 Å². The van der Waals surface area contributed by atoms with Crippen molar-refractivity contribution in [3.8, 4) is 5.88 Å². The van der Waals surface area contributed by atoms with Gasteiger partial charge in [0.1, 0.15) is 0 Å². The highest BCUT2D eigenvalue weighted by atomic mass is 16.3. The molecule has 0 fully saturated rings. The first-order valence-electron chi connectivity index (χ1n) is 6.40. The molecule has 0 bridgehead atoms. The first kappa shape index (κ1) is 12.4. The standard InChI is InChI=1S/C16H14N2O2/c1-11-5-4-6-12(9-11)10-18-14-8-3-2-7-13(14)15(17-20)16(18)19/h2-9,19H,10H2,1H3. The molecule has 0 aliphatic carbocycles. The van der Waals surface area contributed by atoms with E-state index in [-0.39, 0.29) is 11.6 Å². The molecule has 1 heterocycles. The number of hydrogen-bond acceptors (Lipinski definition) is 3. The van der Waals surface area contributed by atoms with E-state index in [1.807, 2.05) is 43.3 Å². The van der Waals surface area contributed by atoms with Crippen LogP contribution in [0.4, 0.5) is 5.69 Å². The summed E-state index contributed by atoms with van der Waals surface area (Å²) < 4.78 is 1.71. The maximum absolute atomic E-state index is 10.9. The number of para-hydroxylation sites is 1. The van der Waals surface area contributed by atoms with Gasteiger partial charge in [0.15, 0.2) is 5.69 Å². The minimum Gasteiger partial charge on any atom is -0.493 e. The molecule has 0 saturated heterocycles. The van der Waals surface area contributed by atoms with Crippen molar-refractivity contribution in [3.05, 3.63) is 64.6 Å². The van der Waals surface area contributed by atoms with Gasteiger partial charge in [0.2, 0.25) is 5.88 Å². The van der Waals surface area contributed by atoms with Gasteiger partial charge in [-0.25, -0.2) is 0 Å². The number of rotatable bonds is 3. The normalized spacial score (nSPS) is 10.8. The predicted octanol–water partition coefficient (Wildman–Crippen LogP) is 4.10. The average molecular weight is 266 g/mol. The van der Waals surface area contributed by atoms with E-state index >= 15 is 0 Å². The molecule has 100 valence electrons. The van der Waals surface area contributed by atoms with Crippen molar-refractivity contribution in [1.82, 2.24) is 4.57 Å². The Morgan fingerprint density at radius 3 is 2.70 bits per heavy atom. The number of nitrogens with zero attached hydrogens (tertiary/aromatic N) is 2. The third kappa shape index (κ3) is 1.95. The van der Waals surface area contributed by atoms with Gasteiger partial charge in [0.25, 0.3) is 0 Å². The number of aromatic hydroxyl groups is 1. The van der Waals surface area contributed by atoms with E-state index in [9.17, 15) is 10.0 Å². The lowest BCUT2D eigenvalue weighted by atomic mass is 10.1. The van der Waals surface area contributed by atoms with Crippen LogP contribution in [-0.2, 0) is 6.54 Å². The van der Waals surface area contributed by atoms with Gasteiger partial charge >= 0.3 is 0 Å². The smallest absolute Gasteiger partial charge is 0.222 e. The summed E-state index contributed by atoms with van der Waals surface area (Å²) in [5.41, 5.74) is 3.14. The molecule has 0 unspecified atom stereocenters. The Bertz CT molecular complexity index is 790. The summed E-state index contributed by atoms with van der Waals surface area (Å²) in [6.07, 6.45) is 0. The molecule has 4 heteroatoms. The fourth-order valence-electron chi connectivity index (χ4n) is 2.51. The number of aryl methyl sites for hydroxylation is 1. The van der Waals surface area contributed by atoms with Crippen molar-refractivity contribution >= 4 is 16.6 Å². The summed E-state index contributed by atoms with van der Waals surface area (Å²) in [6.45, 7) is 2.53. The second-order valence-electron chi connectivity index (χ2n) is 4.86. The van der Waals surface area contributed by atoms with Gasteiger partial charge in [0, 0.05) is 5.39 Å². The fraction of sp³-hybridized carbons (Fsp3) is 0.125. The van der Waals surface area contributed by atoms with Gasteiger partial charge in [-0.2, -0.15) is 0 Å². The second kappa shape index (κ2) is 4.81. The average Bonchev–Trinajstić information content (AvgIpc) is 2.72. The number of nitroso groups, excluding NO2 is 1. The molecule has 0 saturated carbocycles. The molecule has 20 heavy (non-hydrogen) atoms. The molecular weight excluding hydrogens is 252 g/mol. The van der Waals surface area contributed by atoms with Crippen molar-refractivity contribution in [2.24, 2.45) is 5.18 Å². The third-order valence-corrected chi connectivity index (χ3v) is 3.43. The molecule has 0 spiro atoms. The van der Waals surface area contributed by atoms with E-state index in [4.69, 9.17) is 0 Å². The van der Waals surface area contributed by atoms with Gasteiger partial charge < -0.3 is 9.67 Å². The molecule has 0 aliphatic rings. The van der Waals surface area contributed by atoms with E-state index in [0.29, 0.717) is 11.9 Å². The molecule has 3 rings (SSSR count). The minimum absolute atomic E-state index is 0.0808. The summed E-state index contributed by atoms with van der Waals surface area (Å²) in [6, 6.07) is 15.4. The van der Waals surface area contributed by atoms with Crippen LogP contribution in [0.3, 0.4) is 0 Å². The van der Waals surface area contributed by atoms with Crippen molar-refractivity contribution < 1.29 is 5.11 Å². The molecule has 0 atom stereocenters. The van der Waals surface area contributed by atoms with Crippen LogP contribution in [0.5, 0.6) is 5.88 Å². The van der Waals surface area contributed by atoms with Crippen LogP contribution in [0.1, 0.15) is 11.1 Å².